The largest absolute Gasteiger partial charge is 0.507 e. The Balaban J connectivity index is 1.75. The van der Waals surface area contributed by atoms with Gasteiger partial charge >= 0.3 is 5.97 Å². The highest BCUT2D eigenvalue weighted by atomic mass is 79.9. The molecule has 0 aliphatic heterocycles. The Morgan fingerprint density at radius 2 is 1.56 bits per heavy atom. The molecule has 0 spiro atoms. The summed E-state index contributed by atoms with van der Waals surface area (Å²) in [6.45, 7) is 0.273. The summed E-state index contributed by atoms with van der Waals surface area (Å²) in [6.07, 6.45) is -0.130. The number of carbonyl (C=O) groups excluding carboxylic acids is 1. The number of phenolic OH excluding ortho intramolecular Hbond substituents is 1. The van der Waals surface area contributed by atoms with Crippen molar-refractivity contribution in [2.75, 3.05) is 7.11 Å². The van der Waals surface area contributed by atoms with Crippen LogP contribution in [0.3, 0.4) is 0 Å². The van der Waals surface area contributed by atoms with Crippen LogP contribution >= 0.6 is 31.9 Å². The van der Waals surface area contributed by atoms with Crippen molar-refractivity contribution in [3.8, 4) is 23.0 Å². The molecule has 3 aromatic carbocycles. The summed E-state index contributed by atoms with van der Waals surface area (Å²) in [7, 11) is 1.58. The maximum atomic E-state index is 12.6. The SMILES string of the molecule is COc1ccc(CNC(=O)c2cc(Oc3c(Br)cc(CC(=O)O)cc3Br)ccc2O)cc1. The third kappa shape index (κ3) is 6.02. The molecule has 0 aliphatic rings. The van der Waals surface area contributed by atoms with Gasteiger partial charge in [0, 0.05) is 6.54 Å². The number of aliphatic carboxylic acids is 1. The van der Waals surface area contributed by atoms with Crippen molar-refractivity contribution in [2.24, 2.45) is 0 Å². The van der Waals surface area contributed by atoms with Gasteiger partial charge in [0.05, 0.1) is 28.0 Å². The van der Waals surface area contributed by atoms with E-state index in [9.17, 15) is 14.7 Å². The van der Waals surface area contributed by atoms with E-state index < -0.39 is 11.9 Å². The van der Waals surface area contributed by atoms with Gasteiger partial charge in [-0.1, -0.05) is 12.1 Å². The Labute approximate surface area is 201 Å². The van der Waals surface area contributed by atoms with Crippen LogP contribution in [0.25, 0.3) is 0 Å². The summed E-state index contributed by atoms with van der Waals surface area (Å²) in [6, 6.07) is 14.9. The molecule has 0 aliphatic carbocycles. The third-order valence-corrected chi connectivity index (χ3v) is 5.64. The van der Waals surface area contributed by atoms with Crippen LogP contribution in [-0.2, 0) is 17.8 Å². The summed E-state index contributed by atoms with van der Waals surface area (Å²) in [5, 5.41) is 21.9. The lowest BCUT2D eigenvalue weighted by Crippen LogP contribution is -2.22. The van der Waals surface area contributed by atoms with E-state index in [1.807, 2.05) is 12.1 Å². The van der Waals surface area contributed by atoms with E-state index in [-0.39, 0.29) is 24.3 Å². The topological polar surface area (TPSA) is 105 Å². The van der Waals surface area contributed by atoms with Gasteiger partial charge in [-0.25, -0.2) is 0 Å². The summed E-state index contributed by atoms with van der Waals surface area (Å²) < 4.78 is 12.1. The van der Waals surface area contributed by atoms with Gasteiger partial charge < -0.3 is 25.0 Å². The zero-order chi connectivity index (χ0) is 23.3. The Morgan fingerprint density at radius 3 is 2.16 bits per heavy atom. The zero-order valence-electron chi connectivity index (χ0n) is 16.9. The first-order valence-corrected chi connectivity index (χ1v) is 11.0. The highest BCUT2D eigenvalue weighted by Crippen LogP contribution is 2.38. The number of carboxylic acids is 1. The number of hydrogen-bond donors (Lipinski definition) is 3. The summed E-state index contributed by atoms with van der Waals surface area (Å²) in [4.78, 5) is 23.6. The minimum atomic E-state index is -0.943. The second-order valence-electron chi connectivity index (χ2n) is 6.77. The number of carbonyl (C=O) groups is 2. The molecule has 166 valence electrons. The van der Waals surface area contributed by atoms with Crippen LogP contribution in [0.1, 0.15) is 21.5 Å². The second kappa shape index (κ2) is 10.5. The number of carboxylic acid groups (broad SMARTS) is 1. The first-order valence-electron chi connectivity index (χ1n) is 9.38. The molecular formula is C23H19Br2NO6. The van der Waals surface area contributed by atoms with E-state index in [1.54, 1.807) is 31.4 Å². The number of methoxy groups -OCH3 is 1. The normalized spacial score (nSPS) is 10.5. The maximum Gasteiger partial charge on any atom is 0.307 e. The van der Waals surface area contributed by atoms with Crippen molar-refractivity contribution in [1.82, 2.24) is 5.32 Å². The number of aromatic hydroxyl groups is 1. The maximum absolute atomic E-state index is 12.6. The van der Waals surface area contributed by atoms with Crippen molar-refractivity contribution < 1.29 is 29.3 Å². The number of halogens is 2. The number of hydrogen-bond acceptors (Lipinski definition) is 5. The minimum Gasteiger partial charge on any atom is -0.507 e. The van der Waals surface area contributed by atoms with E-state index in [0.29, 0.717) is 26.0 Å². The number of ether oxygens (including phenoxy) is 2. The fourth-order valence-electron chi connectivity index (χ4n) is 2.89. The lowest BCUT2D eigenvalue weighted by molar-refractivity contribution is -0.136. The molecule has 9 heteroatoms. The molecule has 0 saturated heterocycles. The third-order valence-electron chi connectivity index (χ3n) is 4.46. The highest BCUT2D eigenvalue weighted by molar-refractivity contribution is 9.11. The van der Waals surface area contributed by atoms with E-state index >= 15 is 0 Å². The Kier molecular flexibility index (Phi) is 7.76. The van der Waals surface area contributed by atoms with Gasteiger partial charge in [-0.2, -0.15) is 0 Å². The molecule has 0 unspecified atom stereocenters. The van der Waals surface area contributed by atoms with Gasteiger partial charge in [-0.15, -0.1) is 0 Å². The molecule has 0 heterocycles. The highest BCUT2D eigenvalue weighted by Gasteiger charge is 2.16. The molecular weight excluding hydrogens is 546 g/mol. The van der Waals surface area contributed by atoms with Crippen molar-refractivity contribution in [2.45, 2.75) is 13.0 Å². The molecule has 0 aromatic heterocycles. The number of amides is 1. The lowest BCUT2D eigenvalue weighted by Gasteiger charge is -2.13. The lowest BCUT2D eigenvalue weighted by atomic mass is 10.1. The number of phenols is 1. The fourth-order valence-corrected chi connectivity index (χ4v) is 4.33. The molecule has 1 amide bonds. The molecule has 3 aromatic rings. The number of rotatable bonds is 8. The molecule has 0 bridgehead atoms. The summed E-state index contributed by atoms with van der Waals surface area (Å²) in [5.74, 6) is -0.130. The number of benzene rings is 3. The minimum absolute atomic E-state index is 0.0609. The predicted molar refractivity (Wildman–Crippen MR) is 126 cm³/mol. The van der Waals surface area contributed by atoms with E-state index in [1.165, 1.54) is 18.2 Å². The van der Waals surface area contributed by atoms with Gasteiger partial charge in [0.1, 0.15) is 17.2 Å². The van der Waals surface area contributed by atoms with Crippen LogP contribution < -0.4 is 14.8 Å². The standard InChI is InChI=1S/C23H19Br2NO6/c1-31-15-4-2-13(3-5-15)12-26-23(30)17-11-16(6-7-20(17)27)32-22-18(24)8-14(9-19(22)25)10-21(28)29/h2-9,11,27H,10,12H2,1H3,(H,26,30)(H,28,29). The molecule has 0 radical (unpaired) electrons. The number of nitrogens with one attached hydrogen (secondary N) is 1. The Morgan fingerprint density at radius 1 is 0.938 bits per heavy atom. The smallest absolute Gasteiger partial charge is 0.307 e. The van der Waals surface area contributed by atoms with Crippen molar-refractivity contribution in [1.29, 1.82) is 0 Å². The molecule has 3 N–H and O–H groups in total. The van der Waals surface area contributed by atoms with Crippen LogP contribution in [0.4, 0.5) is 0 Å². The van der Waals surface area contributed by atoms with E-state index in [4.69, 9.17) is 14.6 Å². The van der Waals surface area contributed by atoms with Crippen molar-refractivity contribution in [3.63, 3.8) is 0 Å². The molecule has 3 rings (SSSR count). The molecule has 7 nitrogen and oxygen atoms in total. The summed E-state index contributed by atoms with van der Waals surface area (Å²) in [5.41, 5.74) is 1.53. The Hall–Kier alpha value is -3.04. The predicted octanol–water partition coefficient (Wildman–Crippen LogP) is 5.28. The van der Waals surface area contributed by atoms with Crippen LogP contribution in [0.15, 0.2) is 63.5 Å². The van der Waals surface area contributed by atoms with Crippen molar-refractivity contribution >= 4 is 43.7 Å². The van der Waals surface area contributed by atoms with Gasteiger partial charge in [-0.3, -0.25) is 9.59 Å². The first kappa shape index (κ1) is 23.6. The van der Waals surface area contributed by atoms with E-state index in [2.05, 4.69) is 37.2 Å². The van der Waals surface area contributed by atoms with Crippen LogP contribution in [-0.4, -0.2) is 29.2 Å². The van der Waals surface area contributed by atoms with Crippen molar-refractivity contribution in [3.05, 3.63) is 80.2 Å². The molecule has 32 heavy (non-hydrogen) atoms. The van der Waals surface area contributed by atoms with Gasteiger partial charge in [0.25, 0.3) is 5.91 Å². The Bertz CT molecular complexity index is 1120. The fraction of sp³-hybridized carbons (Fsp3) is 0.130. The zero-order valence-corrected chi connectivity index (χ0v) is 20.1. The van der Waals surface area contributed by atoms with Gasteiger partial charge in [0.15, 0.2) is 5.75 Å². The van der Waals surface area contributed by atoms with Gasteiger partial charge in [0.2, 0.25) is 0 Å². The molecule has 0 saturated carbocycles. The van der Waals surface area contributed by atoms with Crippen LogP contribution in [0, 0.1) is 0 Å². The monoisotopic (exact) mass is 563 g/mol. The van der Waals surface area contributed by atoms with Crippen LogP contribution in [0.5, 0.6) is 23.0 Å². The van der Waals surface area contributed by atoms with Crippen LogP contribution in [0.2, 0.25) is 0 Å². The summed E-state index contributed by atoms with van der Waals surface area (Å²) >= 11 is 6.77. The second-order valence-corrected chi connectivity index (χ2v) is 8.48. The van der Waals surface area contributed by atoms with E-state index in [0.717, 1.165) is 11.3 Å². The molecule has 0 atom stereocenters. The van der Waals surface area contributed by atoms with Gasteiger partial charge in [-0.05, 0) is 85.5 Å². The first-order chi connectivity index (χ1) is 15.3. The average Bonchev–Trinajstić information content (AvgIpc) is 2.75. The molecule has 0 fully saturated rings. The quantitative estimate of drug-likeness (QED) is 0.344. The average molecular weight is 565 g/mol.